The summed E-state index contributed by atoms with van der Waals surface area (Å²) in [5, 5.41) is 13.2. The first-order valence-electron chi connectivity index (χ1n) is 7.54. The van der Waals surface area contributed by atoms with E-state index in [-0.39, 0.29) is 29.8 Å². The minimum Gasteiger partial charge on any atom is -0.476 e. The van der Waals surface area contributed by atoms with E-state index in [1.807, 2.05) is 0 Å². The lowest BCUT2D eigenvalue weighted by Gasteiger charge is -2.13. The minimum atomic E-state index is -4.80. The summed E-state index contributed by atoms with van der Waals surface area (Å²) in [5.41, 5.74) is 0.245. The van der Waals surface area contributed by atoms with Crippen LogP contribution in [0.3, 0.4) is 0 Å². The van der Waals surface area contributed by atoms with Gasteiger partial charge in [-0.3, -0.25) is 4.79 Å². The Hall–Kier alpha value is -2.62. The highest BCUT2D eigenvalue weighted by molar-refractivity contribution is 7.09. The summed E-state index contributed by atoms with van der Waals surface area (Å²) in [6, 6.07) is 5.76. The molecular weight excluding hydrogens is 373 g/mol. The van der Waals surface area contributed by atoms with Gasteiger partial charge >= 0.3 is 12.3 Å². The molecule has 0 spiro atoms. The smallest absolute Gasteiger partial charge is 0.476 e. The number of nitrogens with zero attached hydrogens (tertiary/aromatic N) is 1. The molecule has 1 heterocycles. The summed E-state index contributed by atoms with van der Waals surface area (Å²) in [4.78, 5) is 26.8. The summed E-state index contributed by atoms with van der Waals surface area (Å²) in [7, 11) is 0. The van der Waals surface area contributed by atoms with E-state index in [1.54, 1.807) is 6.07 Å². The first-order chi connectivity index (χ1) is 12.2. The van der Waals surface area contributed by atoms with Crippen molar-refractivity contribution in [3.05, 3.63) is 45.9 Å². The number of aromatic carboxylic acids is 1. The van der Waals surface area contributed by atoms with E-state index in [4.69, 9.17) is 5.11 Å². The van der Waals surface area contributed by atoms with Crippen molar-refractivity contribution in [3.63, 3.8) is 0 Å². The zero-order valence-corrected chi connectivity index (χ0v) is 13.9. The maximum absolute atomic E-state index is 12.5. The highest BCUT2D eigenvalue weighted by atomic mass is 32.1. The summed E-state index contributed by atoms with van der Waals surface area (Å²) in [6.45, 7) is 0.0701. The Balaban J connectivity index is 1.60. The molecule has 0 unspecified atom stereocenters. The predicted molar refractivity (Wildman–Crippen MR) is 84.9 cm³/mol. The number of aromatic nitrogens is 1. The summed E-state index contributed by atoms with van der Waals surface area (Å²) >= 11 is 1.11. The van der Waals surface area contributed by atoms with Gasteiger partial charge in [-0.25, -0.2) is 9.78 Å². The van der Waals surface area contributed by atoms with Crippen LogP contribution in [0.1, 0.15) is 33.4 Å². The van der Waals surface area contributed by atoms with Crippen LogP contribution in [0.5, 0.6) is 5.75 Å². The van der Waals surface area contributed by atoms with Crippen molar-refractivity contribution >= 4 is 23.2 Å². The molecule has 0 saturated heterocycles. The van der Waals surface area contributed by atoms with Crippen LogP contribution in [0.4, 0.5) is 13.2 Å². The van der Waals surface area contributed by atoms with Crippen LogP contribution in [0.2, 0.25) is 0 Å². The standard InChI is InChI=1S/C16H13F3N2O4S/c17-16(18,19)25-12-4-2-1-3-8(12)9-5-10(9)14(22)20-6-13-21-11(7-26-13)15(23)24/h1-4,7,9-10H,5-6H2,(H,20,22)(H,23,24)/t9-,10-/m0/s1. The monoisotopic (exact) mass is 386 g/mol. The average molecular weight is 386 g/mol. The number of ether oxygens (including phenoxy) is 1. The number of alkyl halides is 3. The Morgan fingerprint density at radius 1 is 1.35 bits per heavy atom. The molecule has 2 N–H and O–H groups in total. The van der Waals surface area contributed by atoms with Crippen LogP contribution in [0, 0.1) is 5.92 Å². The van der Waals surface area contributed by atoms with Gasteiger partial charge in [0.05, 0.1) is 6.54 Å². The Bertz CT molecular complexity index is 837. The molecule has 26 heavy (non-hydrogen) atoms. The normalized spacial score (nSPS) is 19.0. The maximum atomic E-state index is 12.5. The second-order valence-corrected chi connectivity index (χ2v) is 6.63. The molecule has 1 saturated carbocycles. The molecule has 1 aromatic heterocycles. The molecule has 138 valence electrons. The molecule has 2 atom stereocenters. The number of carboxylic acids is 1. The van der Waals surface area contributed by atoms with Crippen molar-refractivity contribution in [3.8, 4) is 5.75 Å². The van der Waals surface area contributed by atoms with Gasteiger partial charge in [0.15, 0.2) is 5.69 Å². The third kappa shape index (κ3) is 4.31. The van der Waals surface area contributed by atoms with E-state index in [2.05, 4.69) is 15.0 Å². The fraction of sp³-hybridized carbons (Fsp3) is 0.312. The number of carbonyl (C=O) groups is 2. The third-order valence-corrected chi connectivity index (χ3v) is 4.70. The van der Waals surface area contributed by atoms with E-state index in [0.29, 0.717) is 17.0 Å². The number of rotatable bonds is 6. The van der Waals surface area contributed by atoms with Crippen molar-refractivity contribution in [2.24, 2.45) is 5.92 Å². The molecule has 0 radical (unpaired) electrons. The first kappa shape index (κ1) is 18.2. The fourth-order valence-electron chi connectivity index (χ4n) is 2.62. The highest BCUT2D eigenvalue weighted by Crippen LogP contribution is 2.51. The van der Waals surface area contributed by atoms with E-state index >= 15 is 0 Å². The molecule has 1 aliphatic rings. The Morgan fingerprint density at radius 2 is 2.08 bits per heavy atom. The van der Waals surface area contributed by atoms with E-state index < -0.39 is 18.2 Å². The van der Waals surface area contributed by atoms with Crippen LogP contribution in [-0.4, -0.2) is 28.3 Å². The van der Waals surface area contributed by atoms with E-state index in [1.165, 1.54) is 23.6 Å². The molecule has 1 aliphatic carbocycles. The Morgan fingerprint density at radius 3 is 2.73 bits per heavy atom. The number of nitrogens with one attached hydrogen (secondary N) is 1. The van der Waals surface area contributed by atoms with Crippen molar-refractivity contribution < 1.29 is 32.6 Å². The highest BCUT2D eigenvalue weighted by Gasteiger charge is 2.46. The van der Waals surface area contributed by atoms with Crippen molar-refractivity contribution in [2.45, 2.75) is 25.2 Å². The average Bonchev–Trinajstić information content (AvgIpc) is 3.20. The zero-order chi connectivity index (χ0) is 18.9. The molecule has 0 aliphatic heterocycles. The fourth-order valence-corrected chi connectivity index (χ4v) is 3.32. The number of benzene rings is 1. The molecule has 1 amide bonds. The van der Waals surface area contributed by atoms with Gasteiger partial charge < -0.3 is 15.2 Å². The number of carbonyl (C=O) groups excluding carboxylic acids is 1. The Labute approximate surface area is 149 Å². The molecule has 6 nitrogen and oxygen atoms in total. The molecule has 2 aromatic rings. The van der Waals surface area contributed by atoms with E-state index in [9.17, 15) is 22.8 Å². The van der Waals surface area contributed by atoms with Crippen molar-refractivity contribution in [1.29, 1.82) is 0 Å². The van der Waals surface area contributed by atoms with Crippen LogP contribution < -0.4 is 10.1 Å². The number of hydrogen-bond donors (Lipinski definition) is 2. The summed E-state index contributed by atoms with van der Waals surface area (Å²) < 4.78 is 41.5. The predicted octanol–water partition coefficient (Wildman–Crippen LogP) is 3.16. The summed E-state index contributed by atoms with van der Waals surface area (Å²) in [5.74, 6) is -2.57. The van der Waals surface area contributed by atoms with Gasteiger partial charge in [-0.2, -0.15) is 0 Å². The molecule has 1 fully saturated rings. The molecule has 1 aromatic carbocycles. The largest absolute Gasteiger partial charge is 0.573 e. The van der Waals surface area contributed by atoms with Crippen molar-refractivity contribution in [2.75, 3.05) is 0 Å². The maximum Gasteiger partial charge on any atom is 0.573 e. The second kappa shape index (κ2) is 6.94. The lowest BCUT2D eigenvalue weighted by molar-refractivity contribution is -0.274. The van der Waals surface area contributed by atoms with Gasteiger partial charge in [0, 0.05) is 11.3 Å². The lowest BCUT2D eigenvalue weighted by Crippen LogP contribution is -2.25. The van der Waals surface area contributed by atoms with Gasteiger partial charge in [0.25, 0.3) is 0 Å². The lowest BCUT2D eigenvalue weighted by atomic mass is 10.1. The van der Waals surface area contributed by atoms with Gasteiger partial charge in [-0.15, -0.1) is 24.5 Å². The van der Waals surface area contributed by atoms with Crippen LogP contribution in [-0.2, 0) is 11.3 Å². The van der Waals surface area contributed by atoms with E-state index in [0.717, 1.165) is 11.3 Å². The quantitative estimate of drug-likeness (QED) is 0.796. The molecular formula is C16H13F3N2O4S. The third-order valence-electron chi connectivity index (χ3n) is 3.86. The second-order valence-electron chi connectivity index (χ2n) is 5.68. The topological polar surface area (TPSA) is 88.5 Å². The van der Waals surface area contributed by atoms with Crippen LogP contribution in [0.15, 0.2) is 29.6 Å². The number of thiazole rings is 1. The van der Waals surface area contributed by atoms with Gasteiger partial charge in [-0.1, -0.05) is 18.2 Å². The summed E-state index contributed by atoms with van der Waals surface area (Å²) in [6.07, 6.45) is -4.38. The van der Waals surface area contributed by atoms with Gasteiger partial charge in [0.2, 0.25) is 5.91 Å². The zero-order valence-electron chi connectivity index (χ0n) is 13.1. The first-order valence-corrected chi connectivity index (χ1v) is 8.42. The van der Waals surface area contributed by atoms with Gasteiger partial charge in [-0.05, 0) is 24.0 Å². The number of halogens is 3. The number of amides is 1. The number of hydrogen-bond acceptors (Lipinski definition) is 5. The van der Waals surface area contributed by atoms with Gasteiger partial charge in [0.1, 0.15) is 10.8 Å². The molecule has 0 bridgehead atoms. The minimum absolute atomic E-state index is 0.0701. The van der Waals surface area contributed by atoms with Crippen molar-refractivity contribution in [1.82, 2.24) is 10.3 Å². The molecule has 3 rings (SSSR count). The number of para-hydroxylation sites is 1. The van der Waals surface area contributed by atoms with Crippen LogP contribution in [0.25, 0.3) is 0 Å². The number of carboxylic acid groups (broad SMARTS) is 1. The SMILES string of the molecule is O=C(O)c1csc(CNC(=O)[C@H]2C[C@H]2c2ccccc2OC(F)(F)F)n1. The van der Waals surface area contributed by atoms with Crippen LogP contribution >= 0.6 is 11.3 Å². The Kier molecular flexibility index (Phi) is 4.86. The molecule has 10 heteroatoms.